The van der Waals surface area contributed by atoms with E-state index in [1.807, 2.05) is 13.0 Å². The lowest BCUT2D eigenvalue weighted by atomic mass is 10.0. The van der Waals surface area contributed by atoms with Crippen molar-refractivity contribution in [1.82, 2.24) is 0 Å². The van der Waals surface area contributed by atoms with Gasteiger partial charge < -0.3 is 14.2 Å². The molecule has 1 fully saturated rings. The van der Waals surface area contributed by atoms with E-state index in [2.05, 4.69) is 24.3 Å². The Bertz CT molecular complexity index is 344. The van der Waals surface area contributed by atoms with Gasteiger partial charge in [-0.05, 0) is 25.3 Å². The minimum atomic E-state index is -0.382. The predicted molar refractivity (Wildman–Crippen MR) is 75.1 cm³/mol. The Morgan fingerprint density at radius 2 is 1.84 bits per heavy atom. The van der Waals surface area contributed by atoms with Crippen molar-refractivity contribution < 1.29 is 14.2 Å². The molecule has 1 aliphatic rings. The summed E-state index contributed by atoms with van der Waals surface area (Å²) in [7, 11) is 0. The molecule has 1 heterocycles. The van der Waals surface area contributed by atoms with Gasteiger partial charge in [-0.1, -0.05) is 30.3 Å². The fourth-order valence-corrected chi connectivity index (χ4v) is 2.48. The first-order valence-electron chi connectivity index (χ1n) is 7.24. The molecule has 0 aliphatic carbocycles. The molecular formula is C16H24O3. The summed E-state index contributed by atoms with van der Waals surface area (Å²) in [5, 5.41) is 0. The Morgan fingerprint density at radius 1 is 1.11 bits per heavy atom. The quantitative estimate of drug-likeness (QED) is 0.675. The maximum Gasteiger partial charge on any atom is 0.168 e. The van der Waals surface area contributed by atoms with Crippen LogP contribution < -0.4 is 0 Å². The van der Waals surface area contributed by atoms with E-state index in [0.29, 0.717) is 13.2 Å². The van der Waals surface area contributed by atoms with Crippen LogP contribution >= 0.6 is 0 Å². The van der Waals surface area contributed by atoms with Crippen LogP contribution in [0.15, 0.2) is 30.3 Å². The monoisotopic (exact) mass is 264 g/mol. The van der Waals surface area contributed by atoms with Gasteiger partial charge in [0.05, 0.1) is 13.2 Å². The van der Waals surface area contributed by atoms with Crippen LogP contribution in [0.5, 0.6) is 0 Å². The molecule has 106 valence electrons. The van der Waals surface area contributed by atoms with Crippen LogP contribution in [0.4, 0.5) is 0 Å². The van der Waals surface area contributed by atoms with E-state index in [1.165, 1.54) is 5.56 Å². The molecule has 0 aromatic heterocycles. The van der Waals surface area contributed by atoms with E-state index in [-0.39, 0.29) is 5.79 Å². The fraction of sp³-hybridized carbons (Fsp3) is 0.625. The summed E-state index contributed by atoms with van der Waals surface area (Å²) >= 11 is 0. The predicted octanol–water partition coefficient (Wildman–Crippen LogP) is 3.18. The number of hydrogen-bond donors (Lipinski definition) is 0. The van der Waals surface area contributed by atoms with E-state index in [9.17, 15) is 0 Å². The fourth-order valence-electron chi connectivity index (χ4n) is 2.48. The Hall–Kier alpha value is -0.900. The summed E-state index contributed by atoms with van der Waals surface area (Å²) < 4.78 is 17.1. The van der Waals surface area contributed by atoms with E-state index >= 15 is 0 Å². The van der Waals surface area contributed by atoms with Gasteiger partial charge in [-0.25, -0.2) is 0 Å². The lowest BCUT2D eigenvalue weighted by molar-refractivity contribution is -0.168. The molecule has 0 amide bonds. The minimum absolute atomic E-state index is 0.382. The largest absolute Gasteiger partial charge is 0.382 e. The van der Waals surface area contributed by atoms with Crippen LogP contribution in [-0.2, 0) is 20.6 Å². The zero-order valence-corrected chi connectivity index (χ0v) is 11.8. The third-order valence-electron chi connectivity index (χ3n) is 3.50. The molecule has 0 radical (unpaired) electrons. The van der Waals surface area contributed by atoms with Crippen molar-refractivity contribution in [3.05, 3.63) is 35.9 Å². The SMILES string of the molecule is CCOCCCC1(CCc2ccccc2)OCCO1. The van der Waals surface area contributed by atoms with Gasteiger partial charge in [-0.15, -0.1) is 0 Å². The number of hydrogen-bond acceptors (Lipinski definition) is 3. The normalized spacial score (nSPS) is 17.7. The highest BCUT2D eigenvalue weighted by Gasteiger charge is 2.35. The summed E-state index contributed by atoms with van der Waals surface area (Å²) in [5.41, 5.74) is 1.34. The highest BCUT2D eigenvalue weighted by molar-refractivity contribution is 5.14. The van der Waals surface area contributed by atoms with E-state index < -0.39 is 0 Å². The van der Waals surface area contributed by atoms with Gasteiger partial charge >= 0.3 is 0 Å². The molecule has 3 nitrogen and oxygen atoms in total. The summed E-state index contributed by atoms with van der Waals surface area (Å²) in [5.74, 6) is -0.382. The molecule has 1 aromatic carbocycles. The minimum Gasteiger partial charge on any atom is -0.382 e. The van der Waals surface area contributed by atoms with Crippen LogP contribution in [0.25, 0.3) is 0 Å². The van der Waals surface area contributed by atoms with Gasteiger partial charge in [0.15, 0.2) is 5.79 Å². The van der Waals surface area contributed by atoms with Crippen LogP contribution in [0, 0.1) is 0 Å². The summed E-state index contributed by atoms with van der Waals surface area (Å²) in [6, 6.07) is 10.5. The Kier molecular flexibility index (Phi) is 5.83. The molecule has 0 saturated carbocycles. The van der Waals surface area contributed by atoms with E-state index in [4.69, 9.17) is 14.2 Å². The standard InChI is InChI=1S/C16H24O3/c1-2-17-12-6-10-16(18-13-14-19-16)11-9-15-7-4-3-5-8-15/h3-5,7-8H,2,6,9-14H2,1H3. The van der Waals surface area contributed by atoms with Crippen molar-refractivity contribution in [1.29, 1.82) is 0 Å². The number of benzene rings is 1. The van der Waals surface area contributed by atoms with E-state index in [0.717, 1.165) is 38.9 Å². The molecule has 0 N–H and O–H groups in total. The van der Waals surface area contributed by atoms with Crippen molar-refractivity contribution in [3.63, 3.8) is 0 Å². The third-order valence-corrected chi connectivity index (χ3v) is 3.50. The topological polar surface area (TPSA) is 27.7 Å². The average molecular weight is 264 g/mol. The first kappa shape index (κ1) is 14.5. The second-order valence-electron chi connectivity index (χ2n) is 4.89. The molecule has 19 heavy (non-hydrogen) atoms. The average Bonchev–Trinajstić information content (AvgIpc) is 2.92. The van der Waals surface area contributed by atoms with Gasteiger partial charge in [0.1, 0.15) is 0 Å². The zero-order valence-electron chi connectivity index (χ0n) is 11.8. The second kappa shape index (κ2) is 7.63. The molecule has 2 rings (SSSR count). The summed E-state index contributed by atoms with van der Waals surface area (Å²) in [6.07, 6.45) is 3.82. The third kappa shape index (κ3) is 4.60. The van der Waals surface area contributed by atoms with Crippen LogP contribution in [0.2, 0.25) is 0 Å². The summed E-state index contributed by atoms with van der Waals surface area (Å²) in [4.78, 5) is 0. The maximum absolute atomic E-state index is 5.86. The van der Waals surface area contributed by atoms with Crippen molar-refractivity contribution >= 4 is 0 Å². The maximum atomic E-state index is 5.86. The molecular weight excluding hydrogens is 240 g/mol. The molecule has 0 unspecified atom stereocenters. The highest BCUT2D eigenvalue weighted by atomic mass is 16.7. The van der Waals surface area contributed by atoms with Crippen LogP contribution in [0.1, 0.15) is 31.7 Å². The number of aryl methyl sites for hydroxylation is 1. The lowest BCUT2D eigenvalue weighted by Crippen LogP contribution is -2.31. The van der Waals surface area contributed by atoms with Gasteiger partial charge in [0.25, 0.3) is 0 Å². The molecule has 1 aromatic rings. The molecule has 1 aliphatic heterocycles. The molecule has 0 bridgehead atoms. The molecule has 0 spiro atoms. The number of rotatable bonds is 8. The van der Waals surface area contributed by atoms with Crippen molar-refractivity contribution in [2.24, 2.45) is 0 Å². The van der Waals surface area contributed by atoms with Crippen molar-refractivity contribution in [2.75, 3.05) is 26.4 Å². The molecule has 1 saturated heterocycles. The van der Waals surface area contributed by atoms with Crippen LogP contribution in [-0.4, -0.2) is 32.2 Å². The second-order valence-corrected chi connectivity index (χ2v) is 4.89. The number of ether oxygens (including phenoxy) is 3. The van der Waals surface area contributed by atoms with E-state index in [1.54, 1.807) is 0 Å². The Morgan fingerprint density at radius 3 is 2.53 bits per heavy atom. The Balaban J connectivity index is 1.81. The zero-order chi connectivity index (χ0) is 13.4. The van der Waals surface area contributed by atoms with Gasteiger partial charge in [-0.3, -0.25) is 0 Å². The first-order valence-corrected chi connectivity index (χ1v) is 7.24. The van der Waals surface area contributed by atoms with Gasteiger partial charge in [0.2, 0.25) is 0 Å². The highest BCUT2D eigenvalue weighted by Crippen LogP contribution is 2.30. The smallest absolute Gasteiger partial charge is 0.168 e. The van der Waals surface area contributed by atoms with Crippen LogP contribution in [0.3, 0.4) is 0 Å². The van der Waals surface area contributed by atoms with Crippen molar-refractivity contribution in [2.45, 2.75) is 38.4 Å². The molecule has 3 heteroatoms. The Labute approximate surface area is 115 Å². The van der Waals surface area contributed by atoms with Crippen molar-refractivity contribution in [3.8, 4) is 0 Å². The first-order chi connectivity index (χ1) is 9.35. The van der Waals surface area contributed by atoms with Gasteiger partial charge in [0, 0.05) is 26.1 Å². The summed E-state index contributed by atoms with van der Waals surface area (Å²) in [6.45, 7) is 5.01. The van der Waals surface area contributed by atoms with Gasteiger partial charge in [-0.2, -0.15) is 0 Å². The molecule has 0 atom stereocenters. The lowest BCUT2D eigenvalue weighted by Gasteiger charge is -2.27.